The average molecular weight is 252 g/mol. The molecule has 2 fully saturated rings. The Kier molecular flexibility index (Phi) is 3.93. The van der Waals surface area contributed by atoms with Gasteiger partial charge in [-0.1, -0.05) is 20.3 Å². The van der Waals surface area contributed by atoms with Gasteiger partial charge < -0.3 is 10.2 Å². The molecule has 0 bridgehead atoms. The van der Waals surface area contributed by atoms with Crippen LogP contribution in [0.2, 0.25) is 0 Å². The van der Waals surface area contributed by atoms with Gasteiger partial charge in [0, 0.05) is 32.5 Å². The summed E-state index contributed by atoms with van der Waals surface area (Å²) in [5.74, 6) is 0.939. The van der Waals surface area contributed by atoms with Gasteiger partial charge in [-0.2, -0.15) is 0 Å². The molecular formula is C14H24N2O2. The van der Waals surface area contributed by atoms with Gasteiger partial charge in [-0.15, -0.1) is 0 Å². The standard InChI is InChI=1S/C14H24N2O2/c1-3-11(2)8-13(18)16-6-4-14(5-7-16)9-12(17)15-10-14/h11H,3-10H2,1-2H3,(H,15,17). The van der Waals surface area contributed by atoms with E-state index in [2.05, 4.69) is 19.2 Å². The molecule has 1 unspecified atom stereocenters. The smallest absolute Gasteiger partial charge is 0.222 e. The summed E-state index contributed by atoms with van der Waals surface area (Å²) < 4.78 is 0. The van der Waals surface area contributed by atoms with Crippen molar-refractivity contribution in [3.8, 4) is 0 Å². The maximum absolute atomic E-state index is 12.1. The third-order valence-electron chi connectivity index (χ3n) is 4.59. The van der Waals surface area contributed by atoms with Crippen LogP contribution in [0.5, 0.6) is 0 Å². The first kappa shape index (κ1) is 13.4. The quantitative estimate of drug-likeness (QED) is 0.828. The van der Waals surface area contributed by atoms with Crippen LogP contribution in [0.15, 0.2) is 0 Å². The Morgan fingerprint density at radius 2 is 2.11 bits per heavy atom. The van der Waals surface area contributed by atoms with E-state index in [-0.39, 0.29) is 17.2 Å². The number of likely N-dealkylation sites (tertiary alicyclic amines) is 1. The molecule has 1 spiro atoms. The van der Waals surface area contributed by atoms with Crippen LogP contribution in [0.3, 0.4) is 0 Å². The van der Waals surface area contributed by atoms with E-state index in [1.807, 2.05) is 4.90 Å². The Morgan fingerprint density at radius 3 is 2.61 bits per heavy atom. The maximum atomic E-state index is 12.1. The molecular weight excluding hydrogens is 228 g/mol. The normalized spacial score (nSPS) is 24.1. The van der Waals surface area contributed by atoms with Crippen LogP contribution in [0.1, 0.15) is 46.0 Å². The van der Waals surface area contributed by atoms with Gasteiger partial charge in [0.2, 0.25) is 11.8 Å². The summed E-state index contributed by atoms with van der Waals surface area (Å²) in [5.41, 5.74) is 0.143. The van der Waals surface area contributed by atoms with Gasteiger partial charge in [0.25, 0.3) is 0 Å². The third kappa shape index (κ3) is 2.85. The predicted molar refractivity (Wildman–Crippen MR) is 69.9 cm³/mol. The topological polar surface area (TPSA) is 49.4 Å². The molecule has 4 nitrogen and oxygen atoms in total. The largest absolute Gasteiger partial charge is 0.356 e. The van der Waals surface area contributed by atoms with Crippen molar-refractivity contribution < 1.29 is 9.59 Å². The van der Waals surface area contributed by atoms with Gasteiger partial charge in [-0.25, -0.2) is 0 Å². The Labute approximate surface area is 109 Å². The van der Waals surface area contributed by atoms with Crippen molar-refractivity contribution >= 4 is 11.8 Å². The molecule has 0 saturated carbocycles. The minimum atomic E-state index is 0.143. The van der Waals surface area contributed by atoms with E-state index in [0.717, 1.165) is 38.9 Å². The lowest BCUT2D eigenvalue weighted by atomic mass is 9.77. The van der Waals surface area contributed by atoms with Gasteiger partial charge in [-0.3, -0.25) is 9.59 Å². The molecule has 0 aromatic rings. The fourth-order valence-corrected chi connectivity index (χ4v) is 2.91. The van der Waals surface area contributed by atoms with Gasteiger partial charge in [0.15, 0.2) is 0 Å². The van der Waals surface area contributed by atoms with Crippen molar-refractivity contribution in [3.63, 3.8) is 0 Å². The van der Waals surface area contributed by atoms with Gasteiger partial charge in [0.05, 0.1) is 0 Å². The summed E-state index contributed by atoms with van der Waals surface area (Å²) in [6.07, 6.45) is 4.32. The molecule has 4 heteroatoms. The predicted octanol–water partition coefficient (Wildman–Crippen LogP) is 1.55. The second-order valence-corrected chi connectivity index (χ2v) is 6.05. The first-order chi connectivity index (χ1) is 8.54. The minimum Gasteiger partial charge on any atom is -0.356 e. The number of hydrogen-bond acceptors (Lipinski definition) is 2. The molecule has 0 aromatic carbocycles. The molecule has 0 aromatic heterocycles. The molecule has 0 radical (unpaired) electrons. The van der Waals surface area contributed by atoms with E-state index >= 15 is 0 Å². The van der Waals surface area contributed by atoms with Crippen LogP contribution in [-0.4, -0.2) is 36.3 Å². The van der Waals surface area contributed by atoms with Crippen LogP contribution in [0, 0.1) is 11.3 Å². The maximum Gasteiger partial charge on any atom is 0.222 e. The Bertz CT molecular complexity index is 333. The van der Waals surface area contributed by atoms with E-state index in [1.165, 1.54) is 0 Å². The molecule has 1 N–H and O–H groups in total. The zero-order chi connectivity index (χ0) is 13.2. The molecule has 102 valence electrons. The molecule has 2 heterocycles. The number of piperidine rings is 1. The summed E-state index contributed by atoms with van der Waals surface area (Å²) >= 11 is 0. The fourth-order valence-electron chi connectivity index (χ4n) is 2.91. The number of nitrogens with one attached hydrogen (secondary N) is 1. The van der Waals surface area contributed by atoms with Crippen molar-refractivity contribution in [3.05, 3.63) is 0 Å². The minimum absolute atomic E-state index is 0.143. The van der Waals surface area contributed by atoms with E-state index in [1.54, 1.807) is 0 Å². The summed E-state index contributed by atoms with van der Waals surface area (Å²) in [5, 5.41) is 2.92. The van der Waals surface area contributed by atoms with Gasteiger partial charge in [-0.05, 0) is 24.2 Å². The summed E-state index contributed by atoms with van der Waals surface area (Å²) in [7, 11) is 0. The fraction of sp³-hybridized carbons (Fsp3) is 0.857. The van der Waals surface area contributed by atoms with Crippen molar-refractivity contribution in [2.75, 3.05) is 19.6 Å². The Balaban J connectivity index is 1.83. The average Bonchev–Trinajstić information content (AvgIpc) is 2.71. The van der Waals surface area contributed by atoms with Crippen molar-refractivity contribution in [1.29, 1.82) is 0 Å². The van der Waals surface area contributed by atoms with Gasteiger partial charge >= 0.3 is 0 Å². The number of amides is 2. The number of rotatable bonds is 3. The summed E-state index contributed by atoms with van der Waals surface area (Å²) in [6, 6.07) is 0. The lowest BCUT2D eigenvalue weighted by Crippen LogP contribution is -2.44. The molecule has 2 amide bonds. The number of carbonyl (C=O) groups is 2. The molecule has 2 aliphatic heterocycles. The summed E-state index contributed by atoms with van der Waals surface area (Å²) in [4.78, 5) is 25.4. The highest BCUT2D eigenvalue weighted by atomic mass is 16.2. The van der Waals surface area contributed by atoms with Crippen LogP contribution in [0.4, 0.5) is 0 Å². The first-order valence-electron chi connectivity index (χ1n) is 7.09. The van der Waals surface area contributed by atoms with E-state index in [9.17, 15) is 9.59 Å². The van der Waals surface area contributed by atoms with Crippen LogP contribution < -0.4 is 5.32 Å². The van der Waals surface area contributed by atoms with Crippen LogP contribution >= 0.6 is 0 Å². The van der Waals surface area contributed by atoms with Crippen LogP contribution in [0.25, 0.3) is 0 Å². The Hall–Kier alpha value is -1.06. The zero-order valence-corrected chi connectivity index (χ0v) is 11.5. The zero-order valence-electron chi connectivity index (χ0n) is 11.5. The number of nitrogens with zero attached hydrogens (tertiary/aromatic N) is 1. The number of carbonyl (C=O) groups excluding carboxylic acids is 2. The van der Waals surface area contributed by atoms with Crippen molar-refractivity contribution in [1.82, 2.24) is 10.2 Å². The highest BCUT2D eigenvalue weighted by Crippen LogP contribution is 2.37. The molecule has 2 saturated heterocycles. The first-order valence-corrected chi connectivity index (χ1v) is 7.09. The third-order valence-corrected chi connectivity index (χ3v) is 4.59. The lowest BCUT2D eigenvalue weighted by Gasteiger charge is -2.38. The highest BCUT2D eigenvalue weighted by molar-refractivity contribution is 5.79. The second-order valence-electron chi connectivity index (χ2n) is 6.05. The SMILES string of the molecule is CCC(C)CC(=O)N1CCC2(CC1)CNC(=O)C2. The van der Waals surface area contributed by atoms with Crippen LogP contribution in [-0.2, 0) is 9.59 Å². The van der Waals surface area contributed by atoms with Gasteiger partial charge in [0.1, 0.15) is 0 Å². The molecule has 2 aliphatic rings. The van der Waals surface area contributed by atoms with E-state index in [0.29, 0.717) is 18.8 Å². The molecule has 2 rings (SSSR count). The highest BCUT2D eigenvalue weighted by Gasteiger charge is 2.41. The number of hydrogen-bond donors (Lipinski definition) is 1. The molecule has 18 heavy (non-hydrogen) atoms. The Morgan fingerprint density at radius 1 is 1.44 bits per heavy atom. The van der Waals surface area contributed by atoms with Crippen molar-refractivity contribution in [2.45, 2.75) is 46.0 Å². The second kappa shape index (κ2) is 5.29. The molecule has 1 atom stereocenters. The van der Waals surface area contributed by atoms with E-state index in [4.69, 9.17) is 0 Å². The molecule has 0 aliphatic carbocycles. The monoisotopic (exact) mass is 252 g/mol. The van der Waals surface area contributed by atoms with E-state index < -0.39 is 0 Å². The lowest BCUT2D eigenvalue weighted by molar-refractivity contribution is -0.134. The summed E-state index contributed by atoms with van der Waals surface area (Å²) in [6.45, 7) is 6.70. The van der Waals surface area contributed by atoms with Crippen molar-refractivity contribution in [2.24, 2.45) is 11.3 Å².